The molecule has 140 valence electrons. The summed E-state index contributed by atoms with van der Waals surface area (Å²) in [4.78, 5) is 23.2. The van der Waals surface area contributed by atoms with E-state index in [-0.39, 0.29) is 17.7 Å². The Labute approximate surface area is 147 Å². The molecular formula is C16H17F3N4O3. The molecule has 0 radical (unpaired) electrons. The lowest BCUT2D eigenvalue weighted by Crippen LogP contribution is -2.38. The number of hydrogen-bond donors (Lipinski definition) is 0. The maximum absolute atomic E-state index is 12.8. The number of aryl methyl sites for hydroxylation is 1. The van der Waals surface area contributed by atoms with Crippen molar-refractivity contribution in [2.45, 2.75) is 32.1 Å². The second kappa shape index (κ2) is 8.45. The van der Waals surface area contributed by atoms with E-state index in [0.29, 0.717) is 17.9 Å². The Bertz CT molecular complexity index is 747. The number of rotatable bonds is 8. The van der Waals surface area contributed by atoms with Crippen LogP contribution < -0.4 is 0 Å². The number of carbonyl (C=O) groups is 1. The van der Waals surface area contributed by atoms with E-state index >= 15 is 0 Å². The van der Waals surface area contributed by atoms with Crippen LogP contribution in [0.4, 0.5) is 18.9 Å². The van der Waals surface area contributed by atoms with Crippen molar-refractivity contribution in [1.82, 2.24) is 14.7 Å². The highest BCUT2D eigenvalue weighted by atomic mass is 19.4. The van der Waals surface area contributed by atoms with Crippen molar-refractivity contribution in [1.29, 1.82) is 0 Å². The first kappa shape index (κ1) is 19.4. The van der Waals surface area contributed by atoms with Gasteiger partial charge in [-0.05, 0) is 12.5 Å². The summed E-state index contributed by atoms with van der Waals surface area (Å²) in [5, 5.41) is 15.0. The van der Waals surface area contributed by atoms with Crippen LogP contribution in [-0.2, 0) is 17.9 Å². The fourth-order valence-electron chi connectivity index (χ4n) is 2.46. The molecule has 2 aromatic rings. The van der Waals surface area contributed by atoms with Crippen molar-refractivity contribution in [2.75, 3.05) is 6.54 Å². The summed E-state index contributed by atoms with van der Waals surface area (Å²) >= 11 is 0. The van der Waals surface area contributed by atoms with Gasteiger partial charge in [-0.2, -0.15) is 18.3 Å². The third-order valence-corrected chi connectivity index (χ3v) is 3.61. The predicted octanol–water partition coefficient (Wildman–Crippen LogP) is 3.16. The van der Waals surface area contributed by atoms with Gasteiger partial charge in [-0.15, -0.1) is 0 Å². The van der Waals surface area contributed by atoms with E-state index in [1.165, 1.54) is 24.3 Å². The number of nitro benzene ring substituents is 1. The van der Waals surface area contributed by atoms with Gasteiger partial charge in [0.1, 0.15) is 6.54 Å². The molecule has 0 aliphatic heterocycles. The minimum Gasteiger partial charge on any atom is -0.329 e. The molecule has 0 saturated heterocycles. The quantitative estimate of drug-likeness (QED) is 0.528. The average Bonchev–Trinajstić information content (AvgIpc) is 3.06. The molecule has 1 aromatic heterocycles. The Kier molecular flexibility index (Phi) is 6.31. The molecular weight excluding hydrogens is 353 g/mol. The SMILES string of the molecule is O=C(CCCn1cccn1)N(Cc1ccccc1[N+](=O)[O-])CC(F)(F)F. The summed E-state index contributed by atoms with van der Waals surface area (Å²) in [7, 11) is 0. The summed E-state index contributed by atoms with van der Waals surface area (Å²) in [6.45, 7) is -1.54. The van der Waals surface area contributed by atoms with Crippen LogP contribution in [0.2, 0.25) is 0 Å². The first-order valence-electron chi connectivity index (χ1n) is 7.80. The molecule has 7 nitrogen and oxygen atoms in total. The predicted molar refractivity (Wildman–Crippen MR) is 86.0 cm³/mol. The zero-order valence-electron chi connectivity index (χ0n) is 13.7. The Morgan fingerprint density at radius 3 is 2.62 bits per heavy atom. The lowest BCUT2D eigenvalue weighted by Gasteiger charge is -2.24. The molecule has 1 aromatic carbocycles. The summed E-state index contributed by atoms with van der Waals surface area (Å²) in [5.41, 5.74) is -0.258. The van der Waals surface area contributed by atoms with Crippen molar-refractivity contribution < 1.29 is 22.9 Å². The van der Waals surface area contributed by atoms with E-state index in [0.717, 1.165) is 0 Å². The van der Waals surface area contributed by atoms with Gasteiger partial charge in [0.25, 0.3) is 5.69 Å². The second-order valence-electron chi connectivity index (χ2n) is 5.62. The molecule has 0 aliphatic carbocycles. The van der Waals surface area contributed by atoms with Gasteiger partial charge in [-0.3, -0.25) is 19.6 Å². The largest absolute Gasteiger partial charge is 0.406 e. The normalized spacial score (nSPS) is 11.3. The Hall–Kier alpha value is -2.91. The molecule has 0 bridgehead atoms. The van der Waals surface area contributed by atoms with Crippen LogP contribution in [0.1, 0.15) is 18.4 Å². The van der Waals surface area contributed by atoms with Crippen LogP contribution in [-0.4, -0.2) is 38.2 Å². The number of nitro groups is 1. The van der Waals surface area contributed by atoms with Gasteiger partial charge in [-0.1, -0.05) is 18.2 Å². The first-order valence-corrected chi connectivity index (χ1v) is 7.80. The molecule has 0 atom stereocenters. The summed E-state index contributed by atoms with van der Waals surface area (Å²) in [5.74, 6) is -0.715. The Morgan fingerprint density at radius 1 is 1.27 bits per heavy atom. The van der Waals surface area contributed by atoms with E-state index in [9.17, 15) is 28.1 Å². The maximum Gasteiger partial charge on any atom is 0.406 e. The molecule has 10 heteroatoms. The average molecular weight is 370 g/mol. The van der Waals surface area contributed by atoms with Crippen molar-refractivity contribution in [3.63, 3.8) is 0 Å². The Balaban J connectivity index is 2.07. The van der Waals surface area contributed by atoms with Crippen LogP contribution in [0, 0.1) is 10.1 Å². The minimum atomic E-state index is -4.60. The van der Waals surface area contributed by atoms with Crippen LogP contribution in [0.5, 0.6) is 0 Å². The number of hydrogen-bond acceptors (Lipinski definition) is 4. The van der Waals surface area contributed by atoms with Crippen LogP contribution >= 0.6 is 0 Å². The summed E-state index contributed by atoms with van der Waals surface area (Å²) < 4.78 is 40.1. The molecule has 0 fully saturated rings. The summed E-state index contributed by atoms with van der Waals surface area (Å²) in [6.07, 6.45) is -1.15. The van der Waals surface area contributed by atoms with Crippen LogP contribution in [0.15, 0.2) is 42.7 Å². The fourth-order valence-corrected chi connectivity index (χ4v) is 2.46. The molecule has 0 aliphatic rings. The van der Waals surface area contributed by atoms with E-state index in [4.69, 9.17) is 0 Å². The standard InChI is InChI=1S/C16H17F3N4O3/c17-16(18,19)12-21(11-13-5-1-2-6-14(13)23(25)26)15(24)7-3-9-22-10-4-8-20-22/h1-2,4-6,8,10H,3,7,9,11-12H2. The molecule has 2 rings (SSSR count). The van der Waals surface area contributed by atoms with Gasteiger partial charge >= 0.3 is 6.18 Å². The molecule has 0 N–H and O–H groups in total. The number of amides is 1. The first-order chi connectivity index (χ1) is 12.3. The van der Waals surface area contributed by atoms with Crippen LogP contribution in [0.25, 0.3) is 0 Å². The van der Waals surface area contributed by atoms with E-state index in [2.05, 4.69) is 5.10 Å². The van der Waals surface area contributed by atoms with E-state index < -0.39 is 30.1 Å². The molecule has 26 heavy (non-hydrogen) atoms. The number of para-hydroxylation sites is 1. The smallest absolute Gasteiger partial charge is 0.329 e. The number of nitrogens with zero attached hydrogens (tertiary/aromatic N) is 4. The van der Waals surface area contributed by atoms with E-state index in [1.807, 2.05) is 0 Å². The highest BCUT2D eigenvalue weighted by Crippen LogP contribution is 2.23. The number of alkyl halides is 3. The lowest BCUT2D eigenvalue weighted by molar-refractivity contribution is -0.385. The third-order valence-electron chi connectivity index (χ3n) is 3.61. The van der Waals surface area contributed by atoms with Crippen molar-refractivity contribution >= 4 is 11.6 Å². The highest BCUT2D eigenvalue weighted by molar-refractivity contribution is 5.76. The van der Waals surface area contributed by atoms with Gasteiger partial charge in [0.2, 0.25) is 5.91 Å². The molecule has 1 amide bonds. The van der Waals surface area contributed by atoms with Gasteiger partial charge in [0.05, 0.1) is 11.5 Å². The van der Waals surface area contributed by atoms with Crippen molar-refractivity contribution in [3.8, 4) is 0 Å². The molecule has 1 heterocycles. The van der Waals surface area contributed by atoms with Gasteiger partial charge in [0.15, 0.2) is 0 Å². The third kappa shape index (κ3) is 5.87. The van der Waals surface area contributed by atoms with Crippen molar-refractivity contribution in [2.24, 2.45) is 0 Å². The van der Waals surface area contributed by atoms with Crippen molar-refractivity contribution in [3.05, 3.63) is 58.4 Å². The number of benzene rings is 1. The van der Waals surface area contributed by atoms with Gasteiger partial charge < -0.3 is 4.90 Å². The lowest BCUT2D eigenvalue weighted by atomic mass is 10.1. The van der Waals surface area contributed by atoms with Gasteiger partial charge in [-0.25, -0.2) is 0 Å². The zero-order valence-corrected chi connectivity index (χ0v) is 13.7. The monoisotopic (exact) mass is 370 g/mol. The molecule has 0 spiro atoms. The molecule has 0 unspecified atom stereocenters. The number of halogens is 3. The number of aromatic nitrogens is 2. The number of carbonyl (C=O) groups excluding carboxylic acids is 1. The minimum absolute atomic E-state index is 0.0576. The Morgan fingerprint density at radius 2 is 2.00 bits per heavy atom. The van der Waals surface area contributed by atoms with Crippen LogP contribution in [0.3, 0.4) is 0 Å². The van der Waals surface area contributed by atoms with E-state index in [1.54, 1.807) is 23.1 Å². The summed E-state index contributed by atoms with van der Waals surface area (Å²) in [6, 6.07) is 7.14. The topological polar surface area (TPSA) is 81.3 Å². The fraction of sp³-hybridized carbons (Fsp3) is 0.375. The maximum atomic E-state index is 12.8. The van der Waals surface area contributed by atoms with Gasteiger partial charge in [0, 0.05) is 37.0 Å². The molecule has 0 saturated carbocycles. The second-order valence-corrected chi connectivity index (χ2v) is 5.62. The highest BCUT2D eigenvalue weighted by Gasteiger charge is 2.33. The zero-order chi connectivity index (χ0) is 19.2.